The van der Waals surface area contributed by atoms with Crippen LogP contribution in [0.5, 0.6) is 0 Å². The Kier molecular flexibility index (Phi) is 2.99. The van der Waals surface area contributed by atoms with Gasteiger partial charge in [0.15, 0.2) is 0 Å². The lowest BCUT2D eigenvalue weighted by Crippen LogP contribution is -2.16. The van der Waals surface area contributed by atoms with Crippen LogP contribution in [0.15, 0.2) is 24.3 Å². The molecule has 4 heteroatoms. The van der Waals surface area contributed by atoms with E-state index in [1.54, 1.807) is 12.1 Å². The van der Waals surface area contributed by atoms with Gasteiger partial charge in [0.2, 0.25) is 0 Å². The molecule has 0 unspecified atom stereocenters. The Hall–Kier alpha value is -1.71. The van der Waals surface area contributed by atoms with E-state index in [-0.39, 0.29) is 17.4 Å². The van der Waals surface area contributed by atoms with Crippen LogP contribution in [0, 0.1) is 10.1 Å². The summed E-state index contributed by atoms with van der Waals surface area (Å²) in [6.07, 6.45) is 3.55. The Labute approximate surface area is 93.4 Å². The van der Waals surface area contributed by atoms with E-state index in [1.165, 1.54) is 12.1 Å². The van der Waals surface area contributed by atoms with Crippen molar-refractivity contribution in [2.24, 2.45) is 0 Å². The number of Topliss-reactive ketones (excluding diaryl/α,β-unsaturated/α-hetero) is 1. The van der Waals surface area contributed by atoms with E-state index in [4.69, 9.17) is 0 Å². The van der Waals surface area contributed by atoms with Crippen molar-refractivity contribution in [2.45, 2.75) is 31.6 Å². The van der Waals surface area contributed by atoms with Crippen LogP contribution in [0.1, 0.15) is 37.2 Å². The predicted molar refractivity (Wildman–Crippen MR) is 59.3 cm³/mol. The largest absolute Gasteiger partial charge is 0.299 e. The molecular formula is C12H13NO3. The number of non-ortho nitro benzene ring substituents is 1. The molecule has 0 N–H and O–H groups in total. The second-order valence-corrected chi connectivity index (χ2v) is 4.11. The van der Waals surface area contributed by atoms with Gasteiger partial charge in [-0.15, -0.1) is 0 Å². The molecule has 16 heavy (non-hydrogen) atoms. The van der Waals surface area contributed by atoms with Crippen molar-refractivity contribution >= 4 is 11.5 Å². The van der Waals surface area contributed by atoms with E-state index in [1.807, 2.05) is 0 Å². The molecule has 0 spiro atoms. The van der Waals surface area contributed by atoms with Gasteiger partial charge in [-0.05, 0) is 18.4 Å². The first kappa shape index (κ1) is 10.8. The molecule has 4 nitrogen and oxygen atoms in total. The van der Waals surface area contributed by atoms with Gasteiger partial charge in [-0.2, -0.15) is 0 Å². The van der Waals surface area contributed by atoms with Gasteiger partial charge in [0.25, 0.3) is 5.69 Å². The van der Waals surface area contributed by atoms with E-state index in [2.05, 4.69) is 0 Å². The second-order valence-electron chi connectivity index (χ2n) is 4.11. The van der Waals surface area contributed by atoms with Crippen LogP contribution >= 0.6 is 0 Å². The zero-order chi connectivity index (χ0) is 11.5. The molecule has 1 aromatic carbocycles. The topological polar surface area (TPSA) is 60.2 Å². The molecule has 84 valence electrons. The number of ketones is 1. The number of carbonyl (C=O) groups is 1. The fourth-order valence-corrected chi connectivity index (χ4v) is 2.16. The van der Waals surface area contributed by atoms with Crippen molar-refractivity contribution in [1.82, 2.24) is 0 Å². The monoisotopic (exact) mass is 219 g/mol. The summed E-state index contributed by atoms with van der Waals surface area (Å²) < 4.78 is 0. The SMILES string of the molecule is O=C1CCCC[C@@H]1c1ccc([N+](=O)[O-])cc1. The normalized spacial score (nSPS) is 20.8. The molecule has 0 bridgehead atoms. The van der Waals surface area contributed by atoms with Crippen molar-refractivity contribution in [3.05, 3.63) is 39.9 Å². The van der Waals surface area contributed by atoms with Crippen LogP contribution in [0.4, 0.5) is 5.69 Å². The number of nitro groups is 1. The quantitative estimate of drug-likeness (QED) is 0.567. The summed E-state index contributed by atoms with van der Waals surface area (Å²) in [7, 11) is 0. The van der Waals surface area contributed by atoms with Gasteiger partial charge in [0.1, 0.15) is 5.78 Å². The zero-order valence-electron chi connectivity index (χ0n) is 8.89. The van der Waals surface area contributed by atoms with E-state index in [9.17, 15) is 14.9 Å². The first-order valence-electron chi connectivity index (χ1n) is 5.45. The highest BCUT2D eigenvalue weighted by molar-refractivity contribution is 5.86. The molecule has 0 amide bonds. The zero-order valence-corrected chi connectivity index (χ0v) is 8.89. The van der Waals surface area contributed by atoms with Gasteiger partial charge in [0.05, 0.1) is 4.92 Å². The predicted octanol–water partition coefficient (Wildman–Crippen LogP) is 2.82. The standard InChI is InChI=1S/C12H13NO3/c14-12-4-2-1-3-11(12)9-5-7-10(8-6-9)13(15)16/h5-8,11H,1-4H2/t11-/m1/s1. The van der Waals surface area contributed by atoms with Gasteiger partial charge in [-0.3, -0.25) is 14.9 Å². The molecule has 0 aliphatic heterocycles. The number of hydrogen-bond donors (Lipinski definition) is 0. The lowest BCUT2D eigenvalue weighted by atomic mass is 9.83. The third kappa shape index (κ3) is 2.10. The molecule has 1 aliphatic rings. The highest BCUT2D eigenvalue weighted by Crippen LogP contribution is 2.30. The third-order valence-electron chi connectivity index (χ3n) is 3.06. The smallest absolute Gasteiger partial charge is 0.269 e. The second kappa shape index (κ2) is 4.43. The number of nitrogens with zero attached hydrogens (tertiary/aromatic N) is 1. The van der Waals surface area contributed by atoms with E-state index < -0.39 is 4.92 Å². The molecule has 2 rings (SSSR count). The summed E-state index contributed by atoms with van der Waals surface area (Å²) in [5.74, 6) is 0.217. The average Bonchev–Trinajstić information content (AvgIpc) is 2.30. The molecule has 1 aromatic rings. The fraction of sp³-hybridized carbons (Fsp3) is 0.417. The Morgan fingerprint density at radius 2 is 1.88 bits per heavy atom. The van der Waals surface area contributed by atoms with Gasteiger partial charge < -0.3 is 0 Å². The minimum atomic E-state index is -0.424. The molecule has 1 saturated carbocycles. The Morgan fingerprint density at radius 3 is 2.44 bits per heavy atom. The van der Waals surface area contributed by atoms with Gasteiger partial charge in [-0.1, -0.05) is 18.6 Å². The van der Waals surface area contributed by atoms with Crippen molar-refractivity contribution in [3.8, 4) is 0 Å². The minimum Gasteiger partial charge on any atom is -0.299 e. The Balaban J connectivity index is 2.20. The van der Waals surface area contributed by atoms with Crippen molar-refractivity contribution < 1.29 is 9.72 Å². The van der Waals surface area contributed by atoms with Crippen LogP contribution in [0.3, 0.4) is 0 Å². The average molecular weight is 219 g/mol. The van der Waals surface area contributed by atoms with Gasteiger partial charge in [-0.25, -0.2) is 0 Å². The molecule has 0 saturated heterocycles. The summed E-state index contributed by atoms with van der Waals surface area (Å²) in [6.45, 7) is 0. The van der Waals surface area contributed by atoms with Crippen molar-refractivity contribution in [2.75, 3.05) is 0 Å². The number of benzene rings is 1. The lowest BCUT2D eigenvalue weighted by Gasteiger charge is -2.20. The summed E-state index contributed by atoms with van der Waals surface area (Å²) >= 11 is 0. The maximum absolute atomic E-state index is 11.7. The lowest BCUT2D eigenvalue weighted by molar-refractivity contribution is -0.384. The van der Waals surface area contributed by atoms with Gasteiger partial charge in [0, 0.05) is 24.5 Å². The first-order chi connectivity index (χ1) is 7.68. The third-order valence-corrected chi connectivity index (χ3v) is 3.06. The minimum absolute atomic E-state index is 0.0467. The Bertz CT molecular complexity index is 411. The molecule has 0 radical (unpaired) electrons. The maximum atomic E-state index is 11.7. The van der Waals surface area contributed by atoms with E-state index in [0.29, 0.717) is 6.42 Å². The fourth-order valence-electron chi connectivity index (χ4n) is 2.16. The number of hydrogen-bond acceptors (Lipinski definition) is 3. The molecular weight excluding hydrogens is 206 g/mol. The number of nitro benzene ring substituents is 1. The van der Waals surface area contributed by atoms with Crippen LogP contribution in [-0.4, -0.2) is 10.7 Å². The Morgan fingerprint density at radius 1 is 1.19 bits per heavy atom. The van der Waals surface area contributed by atoms with E-state index >= 15 is 0 Å². The molecule has 1 fully saturated rings. The first-order valence-corrected chi connectivity index (χ1v) is 5.45. The van der Waals surface area contributed by atoms with Crippen molar-refractivity contribution in [3.63, 3.8) is 0 Å². The summed E-state index contributed by atoms with van der Waals surface area (Å²) in [4.78, 5) is 21.7. The van der Waals surface area contributed by atoms with Crippen molar-refractivity contribution in [1.29, 1.82) is 0 Å². The van der Waals surface area contributed by atoms with Crippen LogP contribution in [-0.2, 0) is 4.79 Å². The molecule has 0 heterocycles. The van der Waals surface area contributed by atoms with E-state index in [0.717, 1.165) is 24.8 Å². The van der Waals surface area contributed by atoms with Gasteiger partial charge >= 0.3 is 0 Å². The molecule has 0 aromatic heterocycles. The number of rotatable bonds is 2. The highest BCUT2D eigenvalue weighted by atomic mass is 16.6. The van der Waals surface area contributed by atoms with Crippen LogP contribution < -0.4 is 0 Å². The summed E-state index contributed by atoms with van der Waals surface area (Å²) in [6, 6.07) is 6.34. The summed E-state index contributed by atoms with van der Waals surface area (Å²) in [5, 5.41) is 10.5. The summed E-state index contributed by atoms with van der Waals surface area (Å²) in [5.41, 5.74) is 0.988. The molecule has 1 aliphatic carbocycles. The van der Waals surface area contributed by atoms with Crippen LogP contribution in [0.2, 0.25) is 0 Å². The highest BCUT2D eigenvalue weighted by Gasteiger charge is 2.23. The maximum Gasteiger partial charge on any atom is 0.269 e. The number of carbonyl (C=O) groups excluding carboxylic acids is 1. The molecule has 1 atom stereocenters. The van der Waals surface area contributed by atoms with Crippen LogP contribution in [0.25, 0.3) is 0 Å².